The fourth-order valence-electron chi connectivity index (χ4n) is 3.66. The van der Waals surface area contributed by atoms with Gasteiger partial charge in [-0.25, -0.2) is 19.7 Å². The monoisotopic (exact) mass is 571 g/mol. The van der Waals surface area contributed by atoms with Crippen molar-refractivity contribution in [1.82, 2.24) is 15.0 Å². The van der Waals surface area contributed by atoms with Crippen LogP contribution in [-0.4, -0.2) is 52.3 Å². The van der Waals surface area contributed by atoms with Gasteiger partial charge in [-0.05, 0) is 37.3 Å². The van der Waals surface area contributed by atoms with Crippen LogP contribution >= 0.6 is 23.2 Å². The van der Waals surface area contributed by atoms with E-state index in [0.717, 1.165) is 0 Å². The van der Waals surface area contributed by atoms with Crippen LogP contribution in [0.4, 0.5) is 23.0 Å². The summed E-state index contributed by atoms with van der Waals surface area (Å²) in [5.41, 5.74) is 7.06. The Balaban J connectivity index is 1.62. The summed E-state index contributed by atoms with van der Waals surface area (Å²) in [7, 11) is 0. The highest BCUT2D eigenvalue weighted by atomic mass is 35.5. The fraction of sp³-hybridized carbons (Fsp3) is 0.231. The standard InChI is InChI=1S/C26H27Cl2N7O4/c1-15-33-24(30-9-11-38-10-8-29)23(25(34-15)35-20-5-3-2-4-17(20)26(36)37)32-14-22-31-13-21(39-22)18-12-16(27)6-7-19(18)28/h2-7,12-13,32H,8-11,14,29H2,1H3,(H,36,37)(H2,30,33,34,35). The van der Waals surface area contributed by atoms with E-state index < -0.39 is 5.97 Å². The number of nitrogens with one attached hydrogen (secondary N) is 3. The van der Waals surface area contributed by atoms with E-state index in [4.69, 9.17) is 38.1 Å². The fourth-order valence-corrected chi connectivity index (χ4v) is 4.04. The zero-order valence-corrected chi connectivity index (χ0v) is 22.5. The molecule has 0 saturated heterocycles. The van der Waals surface area contributed by atoms with Gasteiger partial charge in [0.1, 0.15) is 11.5 Å². The Morgan fingerprint density at radius 1 is 1.10 bits per heavy atom. The number of carboxylic acid groups (broad SMARTS) is 1. The predicted molar refractivity (Wildman–Crippen MR) is 151 cm³/mol. The maximum absolute atomic E-state index is 11.8. The summed E-state index contributed by atoms with van der Waals surface area (Å²) in [5, 5.41) is 20.3. The summed E-state index contributed by atoms with van der Waals surface area (Å²) < 4.78 is 11.4. The SMILES string of the molecule is Cc1nc(NCCOCCN)c(NCc2ncc(-c3cc(Cl)ccc3Cl)o2)c(Nc2ccccc2C(=O)O)n1. The number of aromatic nitrogens is 3. The van der Waals surface area contributed by atoms with Gasteiger partial charge in [0.2, 0.25) is 5.89 Å². The quantitative estimate of drug-likeness (QED) is 0.134. The van der Waals surface area contributed by atoms with Crippen molar-refractivity contribution in [2.75, 3.05) is 42.3 Å². The molecule has 2 heterocycles. The van der Waals surface area contributed by atoms with Crippen molar-refractivity contribution in [1.29, 1.82) is 0 Å². The lowest BCUT2D eigenvalue weighted by Gasteiger charge is -2.18. The van der Waals surface area contributed by atoms with Crippen LogP contribution < -0.4 is 21.7 Å². The number of ether oxygens (including phenoxy) is 1. The van der Waals surface area contributed by atoms with E-state index in [-0.39, 0.29) is 12.1 Å². The minimum absolute atomic E-state index is 0.0974. The minimum atomic E-state index is -1.07. The molecule has 4 aromatic rings. The number of hydrogen-bond donors (Lipinski definition) is 5. The average molecular weight is 572 g/mol. The third kappa shape index (κ3) is 7.36. The second-order valence-electron chi connectivity index (χ2n) is 8.24. The van der Waals surface area contributed by atoms with E-state index >= 15 is 0 Å². The molecular weight excluding hydrogens is 545 g/mol. The van der Waals surface area contributed by atoms with Gasteiger partial charge in [0.25, 0.3) is 0 Å². The Morgan fingerprint density at radius 2 is 1.90 bits per heavy atom. The normalized spacial score (nSPS) is 10.9. The van der Waals surface area contributed by atoms with Crippen LogP contribution in [0.2, 0.25) is 10.0 Å². The van der Waals surface area contributed by atoms with Gasteiger partial charge in [-0.1, -0.05) is 35.3 Å². The first-order chi connectivity index (χ1) is 18.9. The molecule has 0 bridgehead atoms. The van der Waals surface area contributed by atoms with Crippen molar-refractivity contribution in [3.05, 3.63) is 76.0 Å². The molecule has 0 spiro atoms. The molecule has 0 aliphatic carbocycles. The van der Waals surface area contributed by atoms with Crippen LogP contribution in [0, 0.1) is 6.92 Å². The Morgan fingerprint density at radius 3 is 2.69 bits per heavy atom. The molecule has 0 fully saturated rings. The summed E-state index contributed by atoms with van der Waals surface area (Å²) in [6.45, 7) is 3.63. The Kier molecular flexibility index (Phi) is 9.55. The number of oxazole rings is 1. The second kappa shape index (κ2) is 13.3. The smallest absolute Gasteiger partial charge is 0.337 e. The molecule has 0 atom stereocenters. The first-order valence-corrected chi connectivity index (χ1v) is 12.7. The Labute approximate surface area is 234 Å². The lowest BCUT2D eigenvalue weighted by Crippen LogP contribution is -2.17. The molecule has 0 unspecified atom stereocenters. The van der Waals surface area contributed by atoms with Crippen molar-refractivity contribution in [2.24, 2.45) is 5.73 Å². The maximum Gasteiger partial charge on any atom is 0.337 e. The van der Waals surface area contributed by atoms with Crippen molar-refractivity contribution in [2.45, 2.75) is 13.5 Å². The summed E-state index contributed by atoms with van der Waals surface area (Å²) in [5.74, 6) is 1.08. The lowest BCUT2D eigenvalue weighted by atomic mass is 10.2. The maximum atomic E-state index is 11.8. The van der Waals surface area contributed by atoms with E-state index in [1.807, 2.05) is 0 Å². The molecule has 2 aromatic carbocycles. The number of anilines is 4. The van der Waals surface area contributed by atoms with Crippen LogP contribution in [0.5, 0.6) is 0 Å². The molecule has 13 heteroatoms. The first-order valence-electron chi connectivity index (χ1n) is 12.0. The highest BCUT2D eigenvalue weighted by Gasteiger charge is 2.18. The number of carboxylic acids is 1. The Hall–Kier alpha value is -3.90. The molecule has 2 aromatic heterocycles. The van der Waals surface area contributed by atoms with Crippen molar-refractivity contribution in [3.8, 4) is 11.3 Å². The molecule has 4 rings (SSSR count). The van der Waals surface area contributed by atoms with Crippen LogP contribution in [0.1, 0.15) is 22.1 Å². The number of nitrogens with zero attached hydrogens (tertiary/aromatic N) is 3. The van der Waals surface area contributed by atoms with Gasteiger partial charge >= 0.3 is 5.97 Å². The largest absolute Gasteiger partial charge is 0.478 e. The van der Waals surface area contributed by atoms with Gasteiger partial charge in [0.05, 0.1) is 42.2 Å². The molecule has 204 valence electrons. The van der Waals surface area contributed by atoms with E-state index in [1.165, 1.54) is 6.07 Å². The number of rotatable bonds is 13. The zero-order valence-electron chi connectivity index (χ0n) is 21.0. The highest BCUT2D eigenvalue weighted by Crippen LogP contribution is 2.33. The van der Waals surface area contributed by atoms with Gasteiger partial charge in [-0.3, -0.25) is 0 Å². The number of hydrogen-bond acceptors (Lipinski definition) is 10. The summed E-state index contributed by atoms with van der Waals surface area (Å²) in [6.07, 6.45) is 1.57. The third-order valence-electron chi connectivity index (χ3n) is 5.40. The molecular formula is C26H27Cl2N7O4. The highest BCUT2D eigenvalue weighted by molar-refractivity contribution is 6.35. The van der Waals surface area contributed by atoms with Gasteiger partial charge in [-0.2, -0.15) is 0 Å². The Bertz CT molecular complexity index is 1450. The van der Waals surface area contributed by atoms with Crippen LogP contribution in [0.15, 0.2) is 53.1 Å². The lowest BCUT2D eigenvalue weighted by molar-refractivity contribution is 0.0698. The first kappa shape index (κ1) is 28.1. The number of carbonyl (C=O) groups is 1. The topological polar surface area (TPSA) is 160 Å². The summed E-state index contributed by atoms with van der Waals surface area (Å²) in [6, 6.07) is 11.6. The van der Waals surface area contributed by atoms with Crippen molar-refractivity contribution < 1.29 is 19.1 Å². The number of nitrogens with two attached hydrogens (primary N) is 1. The predicted octanol–water partition coefficient (Wildman–Crippen LogP) is 5.19. The van der Waals surface area contributed by atoms with E-state index in [0.29, 0.717) is 82.4 Å². The molecule has 0 aliphatic heterocycles. The van der Waals surface area contributed by atoms with E-state index in [1.54, 1.807) is 49.5 Å². The van der Waals surface area contributed by atoms with Gasteiger partial charge in [0, 0.05) is 23.7 Å². The number of benzene rings is 2. The molecule has 39 heavy (non-hydrogen) atoms. The van der Waals surface area contributed by atoms with Gasteiger partial charge in [-0.15, -0.1) is 0 Å². The molecule has 0 radical (unpaired) electrons. The summed E-state index contributed by atoms with van der Waals surface area (Å²) >= 11 is 12.4. The molecule has 0 amide bonds. The molecule has 6 N–H and O–H groups in total. The number of para-hydroxylation sites is 1. The van der Waals surface area contributed by atoms with Gasteiger partial charge < -0.3 is 35.9 Å². The van der Waals surface area contributed by atoms with Crippen LogP contribution in [-0.2, 0) is 11.3 Å². The summed E-state index contributed by atoms with van der Waals surface area (Å²) in [4.78, 5) is 25.2. The average Bonchev–Trinajstić information content (AvgIpc) is 3.38. The molecule has 0 saturated carbocycles. The molecule has 11 nitrogen and oxygen atoms in total. The van der Waals surface area contributed by atoms with Crippen molar-refractivity contribution in [3.63, 3.8) is 0 Å². The van der Waals surface area contributed by atoms with Gasteiger partial charge in [0.15, 0.2) is 17.4 Å². The zero-order chi connectivity index (χ0) is 27.8. The van der Waals surface area contributed by atoms with Crippen LogP contribution in [0.25, 0.3) is 11.3 Å². The minimum Gasteiger partial charge on any atom is -0.478 e. The second-order valence-corrected chi connectivity index (χ2v) is 9.09. The number of halogens is 2. The van der Waals surface area contributed by atoms with Crippen molar-refractivity contribution >= 4 is 52.2 Å². The number of aryl methyl sites for hydroxylation is 1. The molecule has 0 aliphatic rings. The van der Waals surface area contributed by atoms with E-state index in [2.05, 4.69) is 30.9 Å². The number of aromatic carboxylic acids is 1. The van der Waals surface area contributed by atoms with Crippen LogP contribution in [0.3, 0.4) is 0 Å². The van der Waals surface area contributed by atoms with E-state index in [9.17, 15) is 9.90 Å². The third-order valence-corrected chi connectivity index (χ3v) is 5.96.